The number of hydrogen-bond donors (Lipinski definition) is 0. The summed E-state index contributed by atoms with van der Waals surface area (Å²) in [4.78, 5) is 35.3. The van der Waals surface area contributed by atoms with Crippen molar-refractivity contribution in [3.8, 4) is 5.75 Å². The van der Waals surface area contributed by atoms with Crippen LogP contribution in [0.15, 0.2) is 98.0 Å². The number of hydrogen-bond acceptors (Lipinski definition) is 7. The molecule has 0 aliphatic heterocycles. The van der Waals surface area contributed by atoms with Crippen molar-refractivity contribution < 1.29 is 33.3 Å². The molecule has 0 heterocycles. The monoisotopic (exact) mass is 506 g/mol. The van der Waals surface area contributed by atoms with Crippen LogP contribution in [0.2, 0.25) is 0 Å². The van der Waals surface area contributed by atoms with Gasteiger partial charge < -0.3 is 18.9 Å². The summed E-state index contributed by atoms with van der Waals surface area (Å²) in [5.74, 6) is -0.862. The van der Waals surface area contributed by atoms with Crippen molar-refractivity contribution in [2.45, 2.75) is 33.6 Å². The molecule has 37 heavy (non-hydrogen) atoms. The largest absolute Gasteiger partial charge is 0.494 e. The van der Waals surface area contributed by atoms with E-state index in [1.54, 1.807) is 36.4 Å². The first-order valence-corrected chi connectivity index (χ1v) is 11.9. The highest BCUT2D eigenvalue weighted by Gasteiger charge is 2.10. The van der Waals surface area contributed by atoms with Gasteiger partial charge >= 0.3 is 17.9 Å². The normalized spacial score (nSPS) is 9.92. The highest BCUT2D eigenvalue weighted by molar-refractivity contribution is 5.91. The van der Waals surface area contributed by atoms with E-state index in [2.05, 4.69) is 19.7 Å². The Hall–Kier alpha value is -4.39. The van der Waals surface area contributed by atoms with Crippen LogP contribution in [-0.4, -0.2) is 31.1 Å². The average Bonchev–Trinajstić information content (AvgIpc) is 2.91. The topological polar surface area (TPSA) is 88.1 Å². The van der Waals surface area contributed by atoms with Gasteiger partial charge in [-0.2, -0.15) is 0 Å². The molecule has 0 radical (unpaired) electrons. The van der Waals surface area contributed by atoms with Crippen LogP contribution in [0, 0.1) is 6.92 Å². The molecule has 0 bridgehead atoms. The van der Waals surface area contributed by atoms with Gasteiger partial charge in [-0.1, -0.05) is 51.3 Å². The minimum Gasteiger partial charge on any atom is -0.494 e. The lowest BCUT2D eigenvalue weighted by atomic mass is 10.1. The van der Waals surface area contributed by atoms with E-state index in [1.165, 1.54) is 12.2 Å². The summed E-state index contributed by atoms with van der Waals surface area (Å²) < 4.78 is 20.8. The van der Waals surface area contributed by atoms with Gasteiger partial charge in [-0.15, -0.1) is 0 Å². The molecule has 0 N–H and O–H groups in total. The fourth-order valence-corrected chi connectivity index (χ4v) is 2.61. The zero-order valence-corrected chi connectivity index (χ0v) is 21.7. The second-order valence-electron chi connectivity index (χ2n) is 7.36. The van der Waals surface area contributed by atoms with E-state index >= 15 is 0 Å². The molecule has 0 spiro atoms. The average molecular weight is 507 g/mol. The van der Waals surface area contributed by atoms with Gasteiger partial charge in [-0.3, -0.25) is 0 Å². The molecule has 0 aliphatic carbocycles. The summed E-state index contributed by atoms with van der Waals surface area (Å²) >= 11 is 0. The number of unbranched alkanes of at least 4 members (excludes halogenated alkanes) is 1. The molecule has 2 aromatic rings. The molecule has 196 valence electrons. The molecule has 0 fully saturated rings. The maximum absolute atomic E-state index is 12.3. The molecule has 2 rings (SSSR count). The standard InChI is InChI=1S/C28H28O7.C2H6/c1-5-26(29)33-19-7-6-18-32-25-16-14-24(15-17-25)28(31)35-22(4)11-10-21(3)34-27(30)23-12-8-20(2)9-13-23;1-2/h5,8-17H,1,3-4,6-7,18-19H2,2H3;1-2H3/b11-10-;. The number of aryl methyl sites for hydroxylation is 1. The number of ether oxygens (including phenoxy) is 4. The molecule has 0 atom stereocenters. The van der Waals surface area contributed by atoms with Crippen molar-refractivity contribution in [1.82, 2.24) is 0 Å². The summed E-state index contributed by atoms with van der Waals surface area (Å²) in [7, 11) is 0. The molecule has 7 heteroatoms. The van der Waals surface area contributed by atoms with Crippen molar-refractivity contribution in [2.24, 2.45) is 0 Å². The van der Waals surface area contributed by atoms with Crippen molar-refractivity contribution in [3.05, 3.63) is 115 Å². The summed E-state index contributed by atoms with van der Waals surface area (Å²) in [6.07, 6.45) is 5.25. The second-order valence-corrected chi connectivity index (χ2v) is 7.36. The van der Waals surface area contributed by atoms with E-state index < -0.39 is 17.9 Å². The van der Waals surface area contributed by atoms with Crippen molar-refractivity contribution >= 4 is 17.9 Å². The Labute approximate surface area is 218 Å². The smallest absolute Gasteiger partial charge is 0.343 e. The van der Waals surface area contributed by atoms with Crippen molar-refractivity contribution in [3.63, 3.8) is 0 Å². The first-order valence-electron chi connectivity index (χ1n) is 11.9. The third-order valence-electron chi connectivity index (χ3n) is 4.50. The Kier molecular flexibility index (Phi) is 14.2. The summed E-state index contributed by atoms with van der Waals surface area (Å²) in [5, 5.41) is 0. The predicted octanol–water partition coefficient (Wildman–Crippen LogP) is 6.51. The Morgan fingerprint density at radius 1 is 0.757 bits per heavy atom. The minimum atomic E-state index is -0.600. The van der Waals surface area contributed by atoms with Crippen LogP contribution in [0.3, 0.4) is 0 Å². The first-order chi connectivity index (χ1) is 17.8. The molecule has 0 saturated heterocycles. The molecule has 7 nitrogen and oxygen atoms in total. The Morgan fingerprint density at radius 2 is 1.22 bits per heavy atom. The van der Waals surface area contributed by atoms with Gasteiger partial charge in [-0.25, -0.2) is 14.4 Å². The fourth-order valence-electron chi connectivity index (χ4n) is 2.61. The van der Waals surface area contributed by atoms with E-state index in [4.69, 9.17) is 18.9 Å². The summed E-state index contributed by atoms with van der Waals surface area (Å²) in [5.41, 5.74) is 1.74. The number of allylic oxidation sites excluding steroid dienone is 2. The molecular weight excluding hydrogens is 472 g/mol. The van der Waals surface area contributed by atoms with Crippen LogP contribution in [0.4, 0.5) is 0 Å². The fraction of sp³-hybridized carbons (Fsp3) is 0.233. The zero-order valence-electron chi connectivity index (χ0n) is 21.7. The maximum atomic E-state index is 12.3. The van der Waals surface area contributed by atoms with Crippen LogP contribution in [0.5, 0.6) is 5.75 Å². The molecule has 2 aromatic carbocycles. The predicted molar refractivity (Wildman–Crippen MR) is 143 cm³/mol. The van der Waals surface area contributed by atoms with Crippen LogP contribution >= 0.6 is 0 Å². The third-order valence-corrected chi connectivity index (χ3v) is 4.50. The number of benzene rings is 2. The molecule has 0 aliphatic rings. The lowest BCUT2D eigenvalue weighted by molar-refractivity contribution is -0.137. The number of rotatable bonds is 13. The van der Waals surface area contributed by atoms with E-state index in [0.717, 1.165) is 11.6 Å². The van der Waals surface area contributed by atoms with Gasteiger partial charge in [0.1, 0.15) is 17.3 Å². The lowest BCUT2D eigenvalue weighted by Crippen LogP contribution is -2.05. The number of esters is 3. The van der Waals surface area contributed by atoms with E-state index in [1.807, 2.05) is 32.9 Å². The van der Waals surface area contributed by atoms with Crippen molar-refractivity contribution in [2.75, 3.05) is 13.2 Å². The Balaban J connectivity index is 0.00000334. The van der Waals surface area contributed by atoms with Crippen LogP contribution in [0.1, 0.15) is 53.0 Å². The summed E-state index contributed by atoms with van der Waals surface area (Å²) in [6, 6.07) is 13.4. The second kappa shape index (κ2) is 17.1. The van der Waals surface area contributed by atoms with Gasteiger partial charge in [0, 0.05) is 6.08 Å². The first kappa shape index (κ1) is 30.6. The molecule has 0 aromatic heterocycles. The Morgan fingerprint density at radius 3 is 1.70 bits per heavy atom. The van der Waals surface area contributed by atoms with Gasteiger partial charge in [0.05, 0.1) is 24.3 Å². The molecule has 0 amide bonds. The maximum Gasteiger partial charge on any atom is 0.343 e. The molecule has 0 saturated carbocycles. The van der Waals surface area contributed by atoms with E-state index in [9.17, 15) is 14.4 Å². The molecule has 0 unspecified atom stereocenters. The van der Waals surface area contributed by atoms with Gasteiger partial charge in [0.2, 0.25) is 0 Å². The number of carbonyl (C=O) groups is 3. The Bertz CT molecular complexity index is 1090. The van der Waals surface area contributed by atoms with Crippen LogP contribution < -0.4 is 4.74 Å². The molecular formula is C30H34O7. The minimum absolute atomic E-state index is 0.0556. The third kappa shape index (κ3) is 12.2. The quantitative estimate of drug-likeness (QED) is 0.0764. The van der Waals surface area contributed by atoms with Crippen LogP contribution in [-0.2, 0) is 19.0 Å². The van der Waals surface area contributed by atoms with Crippen molar-refractivity contribution in [1.29, 1.82) is 0 Å². The van der Waals surface area contributed by atoms with E-state index in [0.29, 0.717) is 42.9 Å². The number of carbonyl (C=O) groups excluding carboxylic acids is 3. The van der Waals surface area contributed by atoms with E-state index in [-0.39, 0.29) is 11.5 Å². The zero-order chi connectivity index (χ0) is 27.6. The lowest BCUT2D eigenvalue weighted by Gasteiger charge is -2.08. The highest BCUT2D eigenvalue weighted by atomic mass is 16.5. The van der Waals surface area contributed by atoms with Gasteiger partial charge in [0.25, 0.3) is 0 Å². The SMILES string of the molecule is C=CC(=O)OCCCCOc1ccc(C(=O)OC(=C)/C=C\C(=C)OC(=O)c2ccc(C)cc2)cc1.CC. The van der Waals surface area contributed by atoms with Gasteiger partial charge in [-0.05, 0) is 68.3 Å². The van der Waals surface area contributed by atoms with Crippen LogP contribution in [0.25, 0.3) is 0 Å². The summed E-state index contributed by atoms with van der Waals surface area (Å²) in [6.45, 7) is 17.3. The highest BCUT2D eigenvalue weighted by Crippen LogP contribution is 2.15. The van der Waals surface area contributed by atoms with Gasteiger partial charge in [0.15, 0.2) is 0 Å².